The number of anilines is 1. The van der Waals surface area contributed by atoms with E-state index in [0.717, 1.165) is 18.8 Å². The molecule has 0 bridgehead atoms. The van der Waals surface area contributed by atoms with Crippen molar-refractivity contribution in [2.45, 2.75) is 25.0 Å². The summed E-state index contributed by atoms with van der Waals surface area (Å²) >= 11 is 0. The van der Waals surface area contributed by atoms with Crippen LogP contribution in [0.2, 0.25) is 0 Å². The fourth-order valence-electron chi connectivity index (χ4n) is 2.97. The summed E-state index contributed by atoms with van der Waals surface area (Å²) in [6, 6.07) is 10.5. The molecule has 0 aromatic heterocycles. The van der Waals surface area contributed by atoms with Crippen LogP contribution in [0.4, 0.5) is 5.69 Å². The van der Waals surface area contributed by atoms with Gasteiger partial charge < -0.3 is 10.1 Å². The topological polar surface area (TPSA) is 74.9 Å². The number of guanidine groups is 1. The number of aliphatic imine (C=N–C) groups is 1. The highest BCUT2D eigenvalue weighted by Gasteiger charge is 2.31. The van der Waals surface area contributed by atoms with Crippen molar-refractivity contribution in [3.8, 4) is 0 Å². The third kappa shape index (κ3) is 3.72. The molecule has 6 nitrogen and oxygen atoms in total. The molecule has 6 heteroatoms. The van der Waals surface area contributed by atoms with Crippen molar-refractivity contribution in [3.05, 3.63) is 30.3 Å². The van der Waals surface area contributed by atoms with Gasteiger partial charge in [-0.05, 0) is 31.5 Å². The second kappa shape index (κ2) is 6.89. The minimum Gasteiger partial charge on any atom is -0.373 e. The predicted molar refractivity (Wildman–Crippen MR) is 84.0 cm³/mol. The summed E-state index contributed by atoms with van der Waals surface area (Å²) in [6.45, 7) is 3.61. The number of nitrogens with zero attached hydrogens (tertiary/aromatic N) is 2. The van der Waals surface area contributed by atoms with E-state index in [2.05, 4.69) is 20.6 Å². The Morgan fingerprint density at radius 2 is 2.24 bits per heavy atom. The number of morpholine rings is 1. The Bertz CT molecular complexity index is 478. The Balaban J connectivity index is 1.53. The van der Waals surface area contributed by atoms with Gasteiger partial charge in [0.2, 0.25) is 5.96 Å². The van der Waals surface area contributed by atoms with Gasteiger partial charge in [-0.2, -0.15) is 0 Å². The second-order valence-electron chi connectivity index (χ2n) is 5.57. The summed E-state index contributed by atoms with van der Waals surface area (Å²) in [5.41, 5.74) is 3.56. The number of ether oxygens (including phenoxy) is 1. The summed E-state index contributed by atoms with van der Waals surface area (Å²) < 4.78 is 5.89. The lowest BCUT2D eigenvalue weighted by Crippen LogP contribution is -2.47. The first-order valence-corrected chi connectivity index (χ1v) is 7.54. The first kappa shape index (κ1) is 14.3. The number of fused-ring (bicyclic) bond motifs is 1. The average molecular weight is 289 g/mol. The summed E-state index contributed by atoms with van der Waals surface area (Å²) in [7, 11) is 0. The van der Waals surface area contributed by atoms with Crippen LogP contribution >= 0.6 is 0 Å². The zero-order chi connectivity index (χ0) is 14.5. The highest BCUT2D eigenvalue weighted by atomic mass is 16.5. The van der Waals surface area contributed by atoms with Gasteiger partial charge in [0, 0.05) is 18.3 Å². The first-order chi connectivity index (χ1) is 10.3. The smallest absolute Gasteiger partial charge is 0.210 e. The molecular formula is C15H23N5O. The Labute approximate surface area is 125 Å². The molecule has 21 heavy (non-hydrogen) atoms. The summed E-state index contributed by atoms with van der Waals surface area (Å²) in [5.74, 6) is 6.09. The summed E-state index contributed by atoms with van der Waals surface area (Å²) in [4.78, 5) is 7.01. The molecule has 2 aliphatic rings. The number of hydrogen-bond acceptors (Lipinski definition) is 4. The van der Waals surface area contributed by atoms with E-state index in [0.29, 0.717) is 18.5 Å². The van der Waals surface area contributed by atoms with Gasteiger partial charge in [0.15, 0.2) is 0 Å². The van der Waals surface area contributed by atoms with Crippen LogP contribution in [0.5, 0.6) is 0 Å². The Morgan fingerprint density at radius 1 is 1.38 bits per heavy atom. The molecule has 2 saturated heterocycles. The molecule has 114 valence electrons. The molecule has 2 unspecified atom stereocenters. The molecule has 0 aliphatic carbocycles. The number of nitrogens with one attached hydrogen (secondary N) is 2. The van der Waals surface area contributed by atoms with Crippen molar-refractivity contribution in [2.75, 3.05) is 31.6 Å². The van der Waals surface area contributed by atoms with Crippen LogP contribution in [0.1, 0.15) is 12.8 Å². The van der Waals surface area contributed by atoms with Gasteiger partial charge in [-0.3, -0.25) is 10.3 Å². The molecule has 4 N–H and O–H groups in total. The van der Waals surface area contributed by atoms with Crippen molar-refractivity contribution in [1.82, 2.24) is 10.3 Å². The van der Waals surface area contributed by atoms with Gasteiger partial charge in [0.1, 0.15) is 0 Å². The first-order valence-electron chi connectivity index (χ1n) is 7.54. The van der Waals surface area contributed by atoms with Crippen LogP contribution in [0.25, 0.3) is 0 Å². The number of benzene rings is 1. The Hall–Kier alpha value is -1.63. The summed E-state index contributed by atoms with van der Waals surface area (Å²) in [6.07, 6.45) is 2.70. The number of hydrogen-bond donors (Lipinski definition) is 3. The largest absolute Gasteiger partial charge is 0.373 e. The molecule has 1 aromatic rings. The van der Waals surface area contributed by atoms with Crippen LogP contribution in [-0.4, -0.2) is 49.2 Å². The lowest BCUT2D eigenvalue weighted by molar-refractivity contribution is -0.0431. The van der Waals surface area contributed by atoms with E-state index >= 15 is 0 Å². The van der Waals surface area contributed by atoms with E-state index in [9.17, 15) is 0 Å². The van der Waals surface area contributed by atoms with E-state index in [1.54, 1.807) is 0 Å². The molecule has 2 heterocycles. The Morgan fingerprint density at radius 3 is 3.05 bits per heavy atom. The van der Waals surface area contributed by atoms with Crippen molar-refractivity contribution in [1.29, 1.82) is 0 Å². The molecule has 0 saturated carbocycles. The fraction of sp³-hybridized carbons (Fsp3) is 0.533. The number of nitrogens with two attached hydrogens (primary N) is 1. The molecule has 0 spiro atoms. The number of rotatable bonds is 3. The maximum Gasteiger partial charge on any atom is 0.210 e. The fourth-order valence-corrected chi connectivity index (χ4v) is 2.97. The maximum atomic E-state index is 5.89. The van der Waals surface area contributed by atoms with Gasteiger partial charge in [-0.1, -0.05) is 18.2 Å². The van der Waals surface area contributed by atoms with Gasteiger partial charge in [-0.15, -0.1) is 0 Å². The highest BCUT2D eigenvalue weighted by Crippen LogP contribution is 2.22. The molecule has 2 fully saturated rings. The van der Waals surface area contributed by atoms with Gasteiger partial charge in [0.05, 0.1) is 19.3 Å². The SMILES string of the molecule is NNC(=NCC1CN2CCCC2CO1)Nc1ccccc1. The monoisotopic (exact) mass is 289 g/mol. The maximum absolute atomic E-state index is 5.89. The van der Waals surface area contributed by atoms with Crippen LogP contribution in [0, 0.1) is 0 Å². The van der Waals surface area contributed by atoms with Gasteiger partial charge in [0.25, 0.3) is 0 Å². The quantitative estimate of drug-likeness (QED) is 0.332. The third-order valence-corrected chi connectivity index (χ3v) is 4.09. The van der Waals surface area contributed by atoms with Crippen molar-refractivity contribution in [3.63, 3.8) is 0 Å². The van der Waals surface area contributed by atoms with Crippen LogP contribution in [0.3, 0.4) is 0 Å². The third-order valence-electron chi connectivity index (χ3n) is 4.09. The molecular weight excluding hydrogens is 266 g/mol. The minimum absolute atomic E-state index is 0.153. The van der Waals surface area contributed by atoms with Crippen LogP contribution in [0.15, 0.2) is 35.3 Å². The average Bonchev–Trinajstić information content (AvgIpc) is 3.00. The van der Waals surface area contributed by atoms with E-state index in [4.69, 9.17) is 10.6 Å². The number of para-hydroxylation sites is 1. The van der Waals surface area contributed by atoms with Gasteiger partial charge in [-0.25, -0.2) is 10.8 Å². The summed E-state index contributed by atoms with van der Waals surface area (Å²) in [5, 5.41) is 3.16. The van der Waals surface area contributed by atoms with Gasteiger partial charge >= 0.3 is 0 Å². The predicted octanol–water partition coefficient (Wildman–Crippen LogP) is 0.781. The van der Waals surface area contributed by atoms with E-state index < -0.39 is 0 Å². The zero-order valence-corrected chi connectivity index (χ0v) is 12.2. The molecule has 0 amide bonds. The minimum atomic E-state index is 0.153. The lowest BCUT2D eigenvalue weighted by Gasteiger charge is -2.34. The standard InChI is InChI=1S/C15H23N5O/c16-19-15(18-12-5-2-1-3-6-12)17-9-14-10-20-8-4-7-13(20)11-21-14/h1-3,5-6,13-14H,4,7-11,16H2,(H2,17,18,19). The lowest BCUT2D eigenvalue weighted by atomic mass is 10.2. The molecule has 0 radical (unpaired) electrons. The van der Waals surface area contributed by atoms with E-state index in [-0.39, 0.29) is 6.10 Å². The zero-order valence-electron chi connectivity index (χ0n) is 12.2. The highest BCUT2D eigenvalue weighted by molar-refractivity contribution is 5.93. The van der Waals surface area contributed by atoms with Crippen LogP contribution in [-0.2, 0) is 4.74 Å². The normalized spacial score (nSPS) is 26.4. The van der Waals surface area contributed by atoms with Crippen molar-refractivity contribution < 1.29 is 4.74 Å². The van der Waals surface area contributed by atoms with Crippen LogP contribution < -0.4 is 16.6 Å². The Kier molecular flexibility index (Phi) is 4.69. The second-order valence-corrected chi connectivity index (χ2v) is 5.57. The van der Waals surface area contributed by atoms with E-state index in [1.807, 2.05) is 30.3 Å². The van der Waals surface area contributed by atoms with E-state index in [1.165, 1.54) is 19.4 Å². The molecule has 3 rings (SSSR count). The van der Waals surface area contributed by atoms with Crippen molar-refractivity contribution in [2.24, 2.45) is 10.8 Å². The molecule has 2 atom stereocenters. The van der Waals surface area contributed by atoms with Crippen molar-refractivity contribution >= 4 is 11.6 Å². The molecule has 1 aromatic carbocycles. The molecule has 2 aliphatic heterocycles. The number of hydrazine groups is 1.